The van der Waals surface area contributed by atoms with Crippen molar-refractivity contribution in [1.29, 1.82) is 0 Å². The van der Waals surface area contributed by atoms with Gasteiger partial charge in [0, 0.05) is 29.1 Å². The van der Waals surface area contributed by atoms with E-state index in [9.17, 15) is 13.2 Å². The van der Waals surface area contributed by atoms with Gasteiger partial charge < -0.3 is 9.47 Å². The lowest BCUT2D eigenvalue weighted by Gasteiger charge is -2.19. The van der Waals surface area contributed by atoms with Gasteiger partial charge in [-0.1, -0.05) is 20.8 Å². The Labute approximate surface area is 190 Å². The minimum absolute atomic E-state index is 0.0488. The Morgan fingerprint density at radius 3 is 2.59 bits per heavy atom. The molecule has 3 heterocycles. The van der Waals surface area contributed by atoms with Gasteiger partial charge in [0.15, 0.2) is 5.75 Å². The molecule has 170 valence electrons. The van der Waals surface area contributed by atoms with Crippen LogP contribution in [-0.4, -0.2) is 48.2 Å². The number of nitrogens with zero attached hydrogens (tertiary/aromatic N) is 4. The van der Waals surface area contributed by atoms with E-state index in [0.29, 0.717) is 11.3 Å². The molecule has 0 spiro atoms. The van der Waals surface area contributed by atoms with Gasteiger partial charge in [0.05, 0.1) is 24.8 Å². The summed E-state index contributed by atoms with van der Waals surface area (Å²) in [6, 6.07) is 7.44. The second-order valence-electron chi connectivity index (χ2n) is 7.85. The first kappa shape index (κ1) is 19.2. The van der Waals surface area contributed by atoms with Crippen LogP contribution in [0.2, 0.25) is 0 Å². The minimum atomic E-state index is -4.47. The van der Waals surface area contributed by atoms with E-state index in [1.165, 1.54) is 30.0 Å². The van der Waals surface area contributed by atoms with Crippen LogP contribution in [0, 0.1) is 0 Å². The van der Waals surface area contributed by atoms with E-state index >= 15 is 0 Å². The van der Waals surface area contributed by atoms with E-state index in [2.05, 4.69) is 15.1 Å². The van der Waals surface area contributed by atoms with Gasteiger partial charge in [0.2, 0.25) is 10.9 Å². The molecule has 0 aliphatic heterocycles. The maximum Gasteiger partial charge on any atom is 0.285 e. The Morgan fingerprint density at radius 2 is 1.97 bits per heavy atom. The number of carbonyl (C=O) groups is 1. The summed E-state index contributed by atoms with van der Waals surface area (Å²) in [4.78, 5) is 21.0. The molecule has 0 saturated heterocycles. The van der Waals surface area contributed by atoms with Crippen molar-refractivity contribution in [1.82, 2.24) is 24.5 Å². The summed E-state index contributed by atoms with van der Waals surface area (Å²) in [6.07, 6.45) is 3.19. The minimum Gasteiger partial charge on any atom is -0.494 e. The molecule has 11 heteroatoms. The molecule has 0 unspecified atom stereocenters. The Hall–Kier alpha value is -3.47. The van der Waals surface area contributed by atoms with Crippen LogP contribution in [0.25, 0.3) is 0 Å². The summed E-state index contributed by atoms with van der Waals surface area (Å²) in [5, 5.41) is 3.58. The molecule has 3 aromatic heterocycles. The zero-order valence-electron chi connectivity index (χ0n) is 21.0. The number of hydrogen-bond acceptors (Lipinski definition) is 8. The summed E-state index contributed by atoms with van der Waals surface area (Å²) in [7, 11) is -6.04. The van der Waals surface area contributed by atoms with Crippen molar-refractivity contribution >= 4 is 15.9 Å². The molecule has 0 saturated carbocycles. The highest BCUT2D eigenvalue weighted by Gasteiger charge is 2.28. The largest absolute Gasteiger partial charge is 0.494 e. The molecule has 0 fully saturated rings. The third-order valence-electron chi connectivity index (χ3n) is 4.46. The van der Waals surface area contributed by atoms with E-state index in [1.54, 1.807) is 24.5 Å². The summed E-state index contributed by atoms with van der Waals surface area (Å²) in [6.45, 7) is 5.69. The number of ether oxygens (including phenoxy) is 2. The fourth-order valence-electron chi connectivity index (χ4n) is 2.79. The number of sulfonamides is 1. The molecule has 0 aromatic carbocycles. The Balaban J connectivity index is 1.95. The van der Waals surface area contributed by atoms with Crippen LogP contribution < -0.4 is 14.2 Å². The molecule has 32 heavy (non-hydrogen) atoms. The second-order valence-corrected chi connectivity index (χ2v) is 9.45. The van der Waals surface area contributed by atoms with Crippen LogP contribution in [0.4, 0.5) is 0 Å². The fourth-order valence-corrected chi connectivity index (χ4v) is 3.87. The molecule has 0 bridgehead atoms. The molecule has 0 aliphatic rings. The molecular weight excluding hydrogens is 434 g/mol. The van der Waals surface area contributed by atoms with Crippen molar-refractivity contribution in [2.75, 3.05) is 14.1 Å². The normalized spacial score (nSPS) is 13.6. The van der Waals surface area contributed by atoms with Crippen molar-refractivity contribution in [2.45, 2.75) is 37.8 Å². The predicted octanol–water partition coefficient (Wildman–Crippen LogP) is 2.15. The first-order chi connectivity index (χ1) is 16.2. The highest BCUT2D eigenvalue weighted by Crippen LogP contribution is 2.27. The van der Waals surface area contributed by atoms with E-state index in [0.717, 1.165) is 0 Å². The number of methoxy groups -OCH3 is 2. The first-order valence-corrected chi connectivity index (χ1v) is 11.0. The van der Waals surface area contributed by atoms with Crippen LogP contribution in [0.1, 0.15) is 46.6 Å². The van der Waals surface area contributed by atoms with Crippen molar-refractivity contribution in [3.8, 4) is 11.6 Å². The van der Waals surface area contributed by atoms with Gasteiger partial charge in [-0.2, -0.15) is 13.5 Å². The van der Waals surface area contributed by atoms with Crippen molar-refractivity contribution in [3.05, 3.63) is 59.7 Å². The summed E-state index contributed by atoms with van der Waals surface area (Å²) in [5.41, 5.74) is -0.0392. The summed E-state index contributed by atoms with van der Waals surface area (Å²) >= 11 is 0. The van der Waals surface area contributed by atoms with E-state index in [4.69, 9.17) is 13.6 Å². The van der Waals surface area contributed by atoms with Gasteiger partial charge >= 0.3 is 0 Å². The summed E-state index contributed by atoms with van der Waals surface area (Å²) < 4.78 is 61.8. The van der Waals surface area contributed by atoms with Gasteiger partial charge in [-0.05, 0) is 30.3 Å². The van der Waals surface area contributed by atoms with E-state index in [1.807, 2.05) is 25.5 Å². The number of carbonyl (C=O) groups excluding carboxylic acids is 1. The van der Waals surface area contributed by atoms with Crippen LogP contribution in [-0.2, 0) is 22.0 Å². The number of pyridine rings is 2. The zero-order chi connectivity index (χ0) is 26.0. The highest BCUT2D eigenvalue weighted by atomic mass is 32.2. The molecule has 0 aliphatic carbocycles. The van der Waals surface area contributed by atoms with Gasteiger partial charge in [-0.15, -0.1) is 0 Å². The van der Waals surface area contributed by atoms with Gasteiger partial charge in [0.25, 0.3) is 15.9 Å². The quantitative estimate of drug-likeness (QED) is 0.566. The zero-order valence-corrected chi connectivity index (χ0v) is 18.8. The predicted molar refractivity (Wildman–Crippen MR) is 116 cm³/mol. The molecule has 1 amide bonds. The van der Waals surface area contributed by atoms with Crippen LogP contribution in [0.5, 0.6) is 11.6 Å². The smallest absolute Gasteiger partial charge is 0.285 e. The van der Waals surface area contributed by atoms with Crippen molar-refractivity contribution in [3.63, 3.8) is 0 Å². The lowest BCUT2D eigenvalue weighted by molar-refractivity contribution is 0.0975. The monoisotopic (exact) mass is 462 g/mol. The topological polar surface area (TPSA) is 125 Å². The third kappa shape index (κ3) is 5.05. The molecule has 1 N–H and O–H groups in total. The van der Waals surface area contributed by atoms with E-state index in [-0.39, 0.29) is 23.9 Å². The maximum absolute atomic E-state index is 13.0. The Kier molecular flexibility index (Phi) is 5.38. The van der Waals surface area contributed by atoms with E-state index < -0.39 is 33.4 Å². The third-order valence-corrected chi connectivity index (χ3v) is 5.71. The Morgan fingerprint density at radius 1 is 1.19 bits per heavy atom. The standard InChI is InChI=1S/C21H25N5O5S/c1-21(2,3)17-10-9-16(30-4)20(24-17)32(28,29)25-18(27)15-8-7-14(19(23-15)31-5)13-26-12-6-11-22-26/h6-12H,13H2,1-5H3,(H,25,27)/i5D3. The lowest BCUT2D eigenvalue weighted by atomic mass is 9.92. The molecule has 3 rings (SSSR count). The number of nitrogens with one attached hydrogen (secondary N) is 1. The van der Waals surface area contributed by atoms with Crippen molar-refractivity contribution < 1.29 is 26.8 Å². The number of amides is 1. The van der Waals surface area contributed by atoms with Crippen molar-refractivity contribution in [2.24, 2.45) is 0 Å². The molecular formula is C21H25N5O5S. The number of aromatic nitrogens is 4. The SMILES string of the molecule is [2H]C([2H])([2H])Oc1nc(C(=O)NS(=O)(=O)c2nc(C(C)(C)C)ccc2OC)ccc1Cn1cccn1. The Bertz CT molecular complexity index is 1320. The first-order valence-electron chi connectivity index (χ1n) is 11.0. The fraction of sp³-hybridized carbons (Fsp3) is 0.333. The molecule has 10 nitrogen and oxygen atoms in total. The lowest BCUT2D eigenvalue weighted by Crippen LogP contribution is -2.32. The molecule has 0 atom stereocenters. The summed E-state index contributed by atoms with van der Waals surface area (Å²) in [5.74, 6) is -1.50. The molecule has 3 aromatic rings. The van der Waals surface area contributed by atoms with Gasteiger partial charge in [0.1, 0.15) is 5.69 Å². The van der Waals surface area contributed by atoms with Crippen LogP contribution >= 0.6 is 0 Å². The average Bonchev–Trinajstić information content (AvgIpc) is 3.25. The number of rotatable bonds is 7. The number of hydrogen-bond donors (Lipinski definition) is 1. The van der Waals surface area contributed by atoms with Gasteiger partial charge in [-0.25, -0.2) is 14.7 Å². The van der Waals surface area contributed by atoms with Crippen LogP contribution in [0.3, 0.4) is 0 Å². The average molecular weight is 463 g/mol. The molecule has 0 radical (unpaired) electrons. The van der Waals surface area contributed by atoms with Gasteiger partial charge in [-0.3, -0.25) is 9.48 Å². The maximum atomic E-state index is 13.0. The highest BCUT2D eigenvalue weighted by molar-refractivity contribution is 7.90. The second kappa shape index (κ2) is 8.95. The van der Waals surface area contributed by atoms with Crippen LogP contribution in [0.15, 0.2) is 47.8 Å².